The summed E-state index contributed by atoms with van der Waals surface area (Å²) in [6, 6.07) is 13.9. The Labute approximate surface area is 158 Å². The second-order valence-corrected chi connectivity index (χ2v) is 8.67. The molecule has 0 bridgehead atoms. The van der Waals surface area contributed by atoms with Crippen LogP contribution in [0.25, 0.3) is 0 Å². The van der Waals surface area contributed by atoms with E-state index < -0.39 is 43.3 Å². The highest BCUT2D eigenvalue weighted by Crippen LogP contribution is 2.33. The van der Waals surface area contributed by atoms with E-state index in [1.165, 1.54) is 12.1 Å². The summed E-state index contributed by atoms with van der Waals surface area (Å²) in [6.45, 7) is 1.77. The van der Waals surface area contributed by atoms with E-state index in [1.54, 1.807) is 49.4 Å². The van der Waals surface area contributed by atoms with Crippen LogP contribution in [-0.2, 0) is 31.6 Å². The smallest absolute Gasteiger partial charge is 0.294 e. The second kappa shape index (κ2) is 8.11. The van der Waals surface area contributed by atoms with Crippen molar-refractivity contribution < 1.29 is 21.6 Å². The van der Waals surface area contributed by atoms with E-state index in [4.69, 9.17) is 11.6 Å². The van der Waals surface area contributed by atoms with Gasteiger partial charge in [0.05, 0.1) is 10.8 Å². The molecule has 0 aliphatic heterocycles. The second-order valence-electron chi connectivity index (χ2n) is 5.63. The van der Waals surface area contributed by atoms with Gasteiger partial charge in [-0.05, 0) is 24.6 Å². The number of benzene rings is 2. The summed E-state index contributed by atoms with van der Waals surface area (Å²) in [4.78, 5) is 9.82. The molecule has 0 aromatic heterocycles. The van der Waals surface area contributed by atoms with Crippen LogP contribution in [0.1, 0.15) is 11.1 Å². The molecule has 138 valence electrons. The van der Waals surface area contributed by atoms with Crippen LogP contribution in [-0.4, -0.2) is 33.4 Å². The molecule has 2 rings (SSSR count). The number of carbonyl (C=O) groups is 1. The lowest BCUT2D eigenvalue weighted by Crippen LogP contribution is -2.47. The maximum atomic E-state index is 13.3. The molecule has 0 spiro atoms. The fourth-order valence-electron chi connectivity index (χ4n) is 2.49. The van der Waals surface area contributed by atoms with Gasteiger partial charge in [0.15, 0.2) is 5.78 Å². The lowest BCUT2D eigenvalue weighted by molar-refractivity contribution is -0.119. The molecular formula is C17H16ClNO5S2. The quantitative estimate of drug-likeness (QED) is 0.650. The Balaban J connectivity index is 2.78. The Kier molecular flexibility index (Phi) is 6.33. The minimum Gasteiger partial charge on any atom is -0.294 e. The van der Waals surface area contributed by atoms with Crippen molar-refractivity contribution in [3.05, 3.63) is 65.7 Å². The third-order valence-electron chi connectivity index (χ3n) is 3.84. The van der Waals surface area contributed by atoms with Crippen LogP contribution < -0.4 is 0 Å². The zero-order valence-corrected chi connectivity index (χ0v) is 16.2. The number of nitrogens with zero attached hydrogens (tertiary/aromatic N) is 1. The predicted molar refractivity (Wildman–Crippen MR) is 98.3 cm³/mol. The summed E-state index contributed by atoms with van der Waals surface area (Å²) in [5, 5.41) is 0. The van der Waals surface area contributed by atoms with Crippen molar-refractivity contribution in [1.29, 1.82) is 0 Å². The van der Waals surface area contributed by atoms with Crippen LogP contribution in [0.4, 0.5) is 0 Å². The first kappa shape index (κ1) is 20.3. The highest BCUT2D eigenvalue weighted by molar-refractivity contribution is 7.94. The zero-order valence-electron chi connectivity index (χ0n) is 13.8. The molecule has 0 fully saturated rings. The normalized spacial score (nSPS) is 13.6. The zero-order chi connectivity index (χ0) is 19.4. The molecule has 0 radical (unpaired) electrons. The van der Waals surface area contributed by atoms with E-state index in [0.29, 0.717) is 5.56 Å². The molecule has 2 aromatic carbocycles. The van der Waals surface area contributed by atoms with Crippen LogP contribution in [0.5, 0.6) is 0 Å². The first-order valence-electron chi connectivity index (χ1n) is 7.50. The molecule has 6 nitrogen and oxygen atoms in total. The number of aryl methyl sites for hydroxylation is 1. The molecule has 0 aliphatic rings. The molecule has 0 saturated carbocycles. The lowest BCUT2D eigenvalue weighted by atomic mass is 10.0. The molecule has 0 heterocycles. The SMILES string of the molecule is Cc1ccc(S(=O)(=O)[C@@](Cc2ccccc2)(N=S(=O)=O)C(=O)CCl)cc1. The summed E-state index contributed by atoms with van der Waals surface area (Å²) >= 11 is 5.63. The van der Waals surface area contributed by atoms with E-state index in [2.05, 4.69) is 4.36 Å². The number of carbonyl (C=O) groups excluding carboxylic acids is 1. The third kappa shape index (κ3) is 4.03. The molecule has 2 aromatic rings. The molecular weight excluding hydrogens is 398 g/mol. The largest absolute Gasteiger partial charge is 0.313 e. The van der Waals surface area contributed by atoms with E-state index in [0.717, 1.165) is 5.56 Å². The molecule has 26 heavy (non-hydrogen) atoms. The van der Waals surface area contributed by atoms with Crippen LogP contribution in [0.2, 0.25) is 0 Å². The van der Waals surface area contributed by atoms with Gasteiger partial charge in [0, 0.05) is 6.42 Å². The summed E-state index contributed by atoms with van der Waals surface area (Å²) in [5.41, 5.74) is 1.25. The molecule has 1 atom stereocenters. The highest BCUT2D eigenvalue weighted by Gasteiger charge is 2.51. The molecule has 0 saturated heterocycles. The number of ketones is 1. The topological polar surface area (TPSA) is 97.7 Å². The number of hydrogen-bond acceptors (Lipinski definition) is 6. The van der Waals surface area contributed by atoms with Crippen molar-refractivity contribution in [2.24, 2.45) is 4.36 Å². The van der Waals surface area contributed by atoms with Gasteiger partial charge in [-0.3, -0.25) is 4.79 Å². The van der Waals surface area contributed by atoms with E-state index in [9.17, 15) is 21.6 Å². The van der Waals surface area contributed by atoms with Crippen molar-refractivity contribution in [3.8, 4) is 0 Å². The van der Waals surface area contributed by atoms with Gasteiger partial charge in [-0.1, -0.05) is 48.0 Å². The Bertz CT molecular complexity index is 1020. The van der Waals surface area contributed by atoms with Gasteiger partial charge < -0.3 is 0 Å². The maximum Gasteiger partial charge on any atom is 0.313 e. The third-order valence-corrected chi connectivity index (χ3v) is 6.91. The number of rotatable bonds is 7. The van der Waals surface area contributed by atoms with Crippen LogP contribution >= 0.6 is 11.6 Å². The van der Waals surface area contributed by atoms with Crippen LogP contribution in [0.3, 0.4) is 0 Å². The van der Waals surface area contributed by atoms with E-state index >= 15 is 0 Å². The van der Waals surface area contributed by atoms with Gasteiger partial charge in [-0.15, -0.1) is 16.0 Å². The van der Waals surface area contributed by atoms with E-state index in [1.807, 2.05) is 0 Å². The van der Waals surface area contributed by atoms with Crippen LogP contribution in [0.15, 0.2) is 63.9 Å². The van der Waals surface area contributed by atoms with Crippen molar-refractivity contribution in [2.45, 2.75) is 23.1 Å². The van der Waals surface area contributed by atoms with Crippen molar-refractivity contribution >= 4 is 37.7 Å². The number of alkyl halides is 1. The summed E-state index contributed by atoms with van der Waals surface area (Å²) in [5.74, 6) is -1.70. The van der Waals surface area contributed by atoms with Gasteiger partial charge in [0.1, 0.15) is 0 Å². The number of hydrogen-bond donors (Lipinski definition) is 0. The average molecular weight is 414 g/mol. The molecule has 0 amide bonds. The Morgan fingerprint density at radius 2 is 1.65 bits per heavy atom. The van der Waals surface area contributed by atoms with Gasteiger partial charge in [-0.2, -0.15) is 8.42 Å². The highest BCUT2D eigenvalue weighted by atomic mass is 35.5. The monoisotopic (exact) mass is 413 g/mol. The Morgan fingerprint density at radius 3 is 2.15 bits per heavy atom. The minimum atomic E-state index is -4.48. The van der Waals surface area contributed by atoms with Gasteiger partial charge in [0.2, 0.25) is 14.7 Å². The maximum absolute atomic E-state index is 13.3. The Hall–Kier alpha value is -2.03. The summed E-state index contributed by atoms with van der Waals surface area (Å²) in [7, 11) is -7.62. The lowest BCUT2D eigenvalue weighted by Gasteiger charge is -2.26. The fourth-order valence-corrected chi connectivity index (χ4v) is 5.38. The summed E-state index contributed by atoms with van der Waals surface area (Å²) < 4.78 is 52.5. The molecule has 0 unspecified atom stereocenters. The van der Waals surface area contributed by atoms with Crippen LogP contribution in [0, 0.1) is 6.92 Å². The number of halogens is 1. The van der Waals surface area contributed by atoms with Gasteiger partial charge >= 0.3 is 10.5 Å². The van der Waals surface area contributed by atoms with Crippen molar-refractivity contribution in [3.63, 3.8) is 0 Å². The minimum absolute atomic E-state index is 0.202. The van der Waals surface area contributed by atoms with Crippen molar-refractivity contribution in [1.82, 2.24) is 0 Å². The van der Waals surface area contributed by atoms with E-state index in [-0.39, 0.29) is 4.90 Å². The van der Waals surface area contributed by atoms with Gasteiger partial charge in [-0.25, -0.2) is 8.42 Å². The first-order valence-corrected chi connectivity index (χ1v) is 10.5. The number of Topliss-reactive ketones (excluding diaryl/α,β-unsaturated/α-hetero) is 1. The molecule has 0 aliphatic carbocycles. The summed E-state index contributed by atoms with van der Waals surface area (Å²) in [6.07, 6.45) is -0.441. The average Bonchev–Trinajstić information content (AvgIpc) is 2.61. The molecule has 0 N–H and O–H groups in total. The van der Waals surface area contributed by atoms with Crippen molar-refractivity contribution in [2.75, 3.05) is 5.88 Å². The fraction of sp³-hybridized carbons (Fsp3) is 0.235. The predicted octanol–water partition coefficient (Wildman–Crippen LogP) is 2.58. The Morgan fingerprint density at radius 1 is 1.08 bits per heavy atom. The first-order chi connectivity index (χ1) is 12.2. The standard InChI is InChI=1S/C17H16ClNO5S2/c1-13-7-9-15(10-8-13)26(23,24)17(16(20)12-18,19-25(21)22)11-14-5-3-2-4-6-14/h2-10H,11-12H2,1H3/t17-/m1/s1. The molecule has 9 heteroatoms. The van der Waals surface area contributed by atoms with Gasteiger partial charge in [0.25, 0.3) is 0 Å². The number of sulfone groups is 1.